The first-order valence-corrected chi connectivity index (χ1v) is 14.5. The van der Waals surface area contributed by atoms with Crippen molar-refractivity contribution in [3.8, 4) is 17.0 Å². The predicted octanol–water partition coefficient (Wildman–Crippen LogP) is 4.77. The lowest BCUT2D eigenvalue weighted by molar-refractivity contribution is -0.128. The summed E-state index contributed by atoms with van der Waals surface area (Å²) < 4.78 is 32.2. The molecule has 10 nitrogen and oxygen atoms in total. The highest BCUT2D eigenvalue weighted by Crippen LogP contribution is 2.37. The van der Waals surface area contributed by atoms with Crippen LogP contribution in [0.25, 0.3) is 28.0 Å². The van der Waals surface area contributed by atoms with Gasteiger partial charge in [-0.05, 0) is 50.0 Å². The van der Waals surface area contributed by atoms with Gasteiger partial charge in [0.2, 0.25) is 5.91 Å². The van der Waals surface area contributed by atoms with E-state index in [1.807, 2.05) is 46.4 Å². The average molecular weight is 608 g/mol. The lowest BCUT2D eigenvalue weighted by atomic mass is 9.98. The first-order chi connectivity index (χ1) is 20.7. The zero-order valence-corrected chi connectivity index (χ0v) is 26.1. The summed E-state index contributed by atoms with van der Waals surface area (Å²) in [6, 6.07) is 4.11. The number of halogens is 2. The van der Waals surface area contributed by atoms with Crippen LogP contribution < -0.4 is 15.9 Å². The van der Waals surface area contributed by atoms with Crippen LogP contribution >= 0.6 is 0 Å². The molecule has 2 aromatic heterocycles. The Hall–Kier alpha value is -4.61. The number of fused-ring (bicyclic) bond motifs is 1. The number of benzene rings is 1. The molecule has 44 heavy (non-hydrogen) atoms. The molecule has 3 N–H and O–H groups in total. The number of piperazine rings is 1. The number of carbonyl (C=O) groups excluding carboxylic acids is 1. The predicted molar refractivity (Wildman–Crippen MR) is 169 cm³/mol. The Morgan fingerprint density at radius 2 is 1.80 bits per heavy atom. The summed E-state index contributed by atoms with van der Waals surface area (Å²) in [5.74, 6) is -2.92. The molecule has 1 aromatic carbocycles. The fourth-order valence-corrected chi connectivity index (χ4v) is 5.63. The summed E-state index contributed by atoms with van der Waals surface area (Å²) in [6.45, 7) is 15.3. The van der Waals surface area contributed by atoms with Crippen LogP contribution in [0.3, 0.4) is 0 Å². The number of amides is 1. The number of rotatable bonds is 8. The maximum Gasteiger partial charge on any atom is 0.355 e. The van der Waals surface area contributed by atoms with E-state index in [0.29, 0.717) is 12.2 Å². The van der Waals surface area contributed by atoms with E-state index in [-0.39, 0.29) is 64.6 Å². The van der Waals surface area contributed by atoms with E-state index < -0.39 is 34.3 Å². The number of phenolic OH excluding ortho intramolecular Hbond substituents is 1. The van der Waals surface area contributed by atoms with Crippen LogP contribution in [-0.2, 0) is 4.79 Å². The van der Waals surface area contributed by atoms with Crippen molar-refractivity contribution < 1.29 is 18.7 Å². The SMILES string of the molecule is C=CC(=O)N1C[C@H](C)N(c2nc(=O)n(/C(C(=N)C(C)C)=C(/NC)C(C)C)c3nc(-c4c(O)cccc4F)c(F)cc23)C[C@H]1C. The number of nitrogens with one attached hydrogen (secondary N) is 2. The summed E-state index contributed by atoms with van der Waals surface area (Å²) in [6.07, 6.45) is 1.25. The van der Waals surface area contributed by atoms with E-state index >= 15 is 8.78 Å². The molecule has 4 rings (SSSR count). The van der Waals surface area contributed by atoms with Crippen LogP contribution in [0.1, 0.15) is 41.5 Å². The second kappa shape index (κ2) is 12.6. The van der Waals surface area contributed by atoms with E-state index in [1.54, 1.807) is 11.9 Å². The van der Waals surface area contributed by atoms with E-state index in [2.05, 4.69) is 21.9 Å². The van der Waals surface area contributed by atoms with Gasteiger partial charge < -0.3 is 25.6 Å². The molecule has 0 bridgehead atoms. The Kier molecular flexibility index (Phi) is 9.22. The first kappa shape index (κ1) is 32.3. The lowest BCUT2D eigenvalue weighted by Gasteiger charge is -2.44. The third-order valence-corrected chi connectivity index (χ3v) is 7.90. The summed E-state index contributed by atoms with van der Waals surface area (Å²) >= 11 is 0. The lowest BCUT2D eigenvalue weighted by Crippen LogP contribution is -2.58. The molecule has 0 aliphatic carbocycles. The van der Waals surface area contributed by atoms with Gasteiger partial charge in [-0.15, -0.1) is 0 Å². The molecule has 0 unspecified atom stereocenters. The number of aromatic nitrogens is 3. The maximum atomic E-state index is 16.0. The number of hydrogen-bond donors (Lipinski definition) is 3. The molecule has 1 amide bonds. The van der Waals surface area contributed by atoms with Gasteiger partial charge in [-0.1, -0.05) is 40.3 Å². The zero-order valence-electron chi connectivity index (χ0n) is 26.1. The molecule has 234 valence electrons. The van der Waals surface area contributed by atoms with Gasteiger partial charge in [0.05, 0.1) is 22.4 Å². The normalized spacial score (nSPS) is 17.7. The molecule has 3 aromatic rings. The number of anilines is 1. The minimum Gasteiger partial charge on any atom is -0.507 e. The zero-order chi connectivity index (χ0) is 32.6. The van der Waals surface area contributed by atoms with E-state index in [4.69, 9.17) is 5.41 Å². The number of carbonyl (C=O) groups is 1. The summed E-state index contributed by atoms with van der Waals surface area (Å²) in [5.41, 5.74) is -0.900. The molecule has 1 saturated heterocycles. The molecule has 0 spiro atoms. The van der Waals surface area contributed by atoms with Crippen molar-refractivity contribution in [1.29, 1.82) is 5.41 Å². The molecule has 0 radical (unpaired) electrons. The Morgan fingerprint density at radius 3 is 2.36 bits per heavy atom. The summed E-state index contributed by atoms with van der Waals surface area (Å²) in [7, 11) is 1.68. The van der Waals surface area contributed by atoms with Gasteiger partial charge >= 0.3 is 5.69 Å². The molecule has 1 aliphatic rings. The van der Waals surface area contributed by atoms with Crippen LogP contribution in [0.2, 0.25) is 0 Å². The van der Waals surface area contributed by atoms with Gasteiger partial charge in [-0.3, -0.25) is 4.79 Å². The number of allylic oxidation sites excluding steroid dienone is 2. The highest BCUT2D eigenvalue weighted by molar-refractivity contribution is 6.19. The molecule has 2 atom stereocenters. The van der Waals surface area contributed by atoms with Crippen molar-refractivity contribution >= 4 is 34.2 Å². The fraction of sp³-hybridized carbons (Fsp3) is 0.406. The molecule has 1 aliphatic heterocycles. The van der Waals surface area contributed by atoms with E-state index in [9.17, 15) is 14.7 Å². The minimum absolute atomic E-state index is 0.0581. The van der Waals surface area contributed by atoms with Crippen LogP contribution in [0, 0.1) is 28.9 Å². The standard InChI is InChI=1S/C32H39F2N7O3/c1-9-24(43)39-14-19(7)40(15-18(39)6)30-20-13-22(34)28(25-21(33)11-10-12-23(25)42)37-31(20)41(32(44)38-30)29(26(35)16(2)3)27(36-8)17(4)5/h9-13,16-19,35-36,42H,1,14-15H2,2-8H3/b29-27+,35-26?/t18-,19+/m1/s1. The number of phenols is 1. The van der Waals surface area contributed by atoms with E-state index in [0.717, 1.165) is 12.1 Å². The van der Waals surface area contributed by atoms with Crippen molar-refractivity contribution in [1.82, 2.24) is 24.8 Å². The van der Waals surface area contributed by atoms with Crippen LogP contribution in [0.15, 0.2) is 47.4 Å². The van der Waals surface area contributed by atoms with Gasteiger partial charge in [-0.25, -0.2) is 23.1 Å². The van der Waals surface area contributed by atoms with Crippen molar-refractivity contribution in [2.24, 2.45) is 11.8 Å². The van der Waals surface area contributed by atoms with Crippen LogP contribution in [0.4, 0.5) is 14.6 Å². The average Bonchev–Trinajstić information content (AvgIpc) is 2.96. The third-order valence-electron chi connectivity index (χ3n) is 7.90. The Morgan fingerprint density at radius 1 is 1.11 bits per heavy atom. The second-order valence-electron chi connectivity index (χ2n) is 11.7. The fourth-order valence-electron chi connectivity index (χ4n) is 5.63. The minimum atomic E-state index is -0.936. The topological polar surface area (TPSA) is 127 Å². The Bertz CT molecular complexity index is 1710. The van der Waals surface area contributed by atoms with Gasteiger partial charge in [0, 0.05) is 37.9 Å². The first-order valence-electron chi connectivity index (χ1n) is 14.5. The molecular formula is C32H39F2N7O3. The van der Waals surface area contributed by atoms with E-state index in [1.165, 1.54) is 22.8 Å². The van der Waals surface area contributed by atoms with Gasteiger partial charge in [-0.2, -0.15) is 4.98 Å². The summed E-state index contributed by atoms with van der Waals surface area (Å²) in [5, 5.41) is 22.8. The molecule has 12 heteroatoms. The maximum absolute atomic E-state index is 16.0. The van der Waals surface area contributed by atoms with Gasteiger partial charge in [0.15, 0.2) is 11.5 Å². The number of pyridine rings is 1. The van der Waals surface area contributed by atoms with Crippen LogP contribution in [-0.4, -0.2) is 68.4 Å². The van der Waals surface area contributed by atoms with Crippen molar-refractivity contribution in [3.63, 3.8) is 0 Å². The number of aromatic hydroxyl groups is 1. The highest BCUT2D eigenvalue weighted by Gasteiger charge is 2.34. The van der Waals surface area contributed by atoms with Crippen molar-refractivity contribution in [2.45, 2.75) is 53.6 Å². The smallest absolute Gasteiger partial charge is 0.355 e. The monoisotopic (exact) mass is 607 g/mol. The largest absolute Gasteiger partial charge is 0.507 e. The number of nitrogens with zero attached hydrogens (tertiary/aromatic N) is 5. The Balaban J connectivity index is 2.14. The molecular weight excluding hydrogens is 568 g/mol. The molecule has 3 heterocycles. The van der Waals surface area contributed by atoms with Gasteiger partial charge in [0.25, 0.3) is 0 Å². The Labute approximate surface area is 255 Å². The number of hydrogen-bond acceptors (Lipinski definition) is 8. The molecule has 0 saturated carbocycles. The van der Waals surface area contributed by atoms with Crippen molar-refractivity contribution in [3.05, 3.63) is 64.7 Å². The highest BCUT2D eigenvalue weighted by atomic mass is 19.1. The van der Waals surface area contributed by atoms with Crippen LogP contribution in [0.5, 0.6) is 5.75 Å². The second-order valence-corrected chi connectivity index (χ2v) is 11.7. The van der Waals surface area contributed by atoms with Crippen molar-refractivity contribution in [2.75, 3.05) is 25.0 Å². The molecule has 1 fully saturated rings. The quantitative estimate of drug-likeness (QED) is 0.249. The summed E-state index contributed by atoms with van der Waals surface area (Å²) in [4.78, 5) is 39.0. The van der Waals surface area contributed by atoms with Gasteiger partial charge in [0.1, 0.15) is 23.1 Å². The third kappa shape index (κ3) is 5.68.